The first-order valence-electron chi connectivity index (χ1n) is 12.2. The van der Waals surface area contributed by atoms with E-state index >= 15 is 0 Å². The third-order valence-electron chi connectivity index (χ3n) is 6.87. The van der Waals surface area contributed by atoms with Crippen LogP contribution in [-0.2, 0) is 14.8 Å². The predicted molar refractivity (Wildman–Crippen MR) is 145 cm³/mol. The lowest BCUT2D eigenvalue weighted by atomic mass is 9.83. The van der Waals surface area contributed by atoms with Crippen molar-refractivity contribution in [3.8, 4) is 11.5 Å². The van der Waals surface area contributed by atoms with Crippen molar-refractivity contribution in [2.45, 2.75) is 49.6 Å². The van der Waals surface area contributed by atoms with Gasteiger partial charge in [0.2, 0.25) is 5.91 Å². The molecule has 1 atom stereocenters. The second-order valence-electron chi connectivity index (χ2n) is 9.02. The standard InChI is InChI=1S/C28H31ClN2O5S/c1-4-28(5-2)18-25(24-8-6-7-9-26(24)36-28)30-27(32)19-31(21-12-10-20(29)11-13-21)37(33,34)23-16-14-22(35-3)15-17-23/h6-17,25H,4-5,18-19H2,1-3H3,(H,30,32). The normalized spacial score (nSPS) is 16.3. The smallest absolute Gasteiger partial charge is 0.264 e. The van der Waals surface area contributed by atoms with Crippen molar-refractivity contribution in [3.05, 3.63) is 83.4 Å². The maximum Gasteiger partial charge on any atom is 0.264 e. The number of hydrogen-bond acceptors (Lipinski definition) is 5. The molecule has 3 aromatic rings. The minimum absolute atomic E-state index is 0.0449. The fraction of sp³-hybridized carbons (Fsp3) is 0.321. The molecule has 3 aromatic carbocycles. The van der Waals surface area contributed by atoms with Crippen LogP contribution in [0.1, 0.15) is 44.7 Å². The van der Waals surface area contributed by atoms with Gasteiger partial charge in [0.25, 0.3) is 10.0 Å². The molecule has 1 unspecified atom stereocenters. The Bertz CT molecular complexity index is 1340. The highest BCUT2D eigenvalue weighted by Crippen LogP contribution is 2.42. The van der Waals surface area contributed by atoms with Crippen LogP contribution < -0.4 is 19.1 Å². The van der Waals surface area contributed by atoms with E-state index in [4.69, 9.17) is 21.1 Å². The van der Waals surface area contributed by atoms with Gasteiger partial charge >= 0.3 is 0 Å². The van der Waals surface area contributed by atoms with Crippen LogP contribution >= 0.6 is 11.6 Å². The maximum atomic E-state index is 13.7. The van der Waals surface area contributed by atoms with E-state index in [1.807, 2.05) is 24.3 Å². The number of anilines is 1. The summed E-state index contributed by atoms with van der Waals surface area (Å²) >= 11 is 6.04. The van der Waals surface area contributed by atoms with Gasteiger partial charge in [0.15, 0.2) is 0 Å². The first-order chi connectivity index (χ1) is 17.7. The molecular weight excluding hydrogens is 512 g/mol. The Labute approximate surface area is 223 Å². The Balaban J connectivity index is 1.64. The highest BCUT2D eigenvalue weighted by molar-refractivity contribution is 7.92. The molecule has 0 aromatic heterocycles. The van der Waals surface area contributed by atoms with Gasteiger partial charge in [-0.2, -0.15) is 0 Å². The first kappa shape index (κ1) is 26.8. The number of sulfonamides is 1. The van der Waals surface area contributed by atoms with Gasteiger partial charge in [0.1, 0.15) is 23.6 Å². The Morgan fingerprint density at radius 1 is 1.05 bits per heavy atom. The van der Waals surface area contributed by atoms with E-state index in [0.29, 0.717) is 22.9 Å². The summed E-state index contributed by atoms with van der Waals surface area (Å²) in [7, 11) is -2.56. The molecule has 4 rings (SSSR count). The molecule has 0 radical (unpaired) electrons. The van der Waals surface area contributed by atoms with Crippen LogP contribution in [0, 0.1) is 0 Å². The Hall–Kier alpha value is -3.23. The van der Waals surface area contributed by atoms with Crippen LogP contribution in [0.25, 0.3) is 0 Å². The molecule has 0 bridgehead atoms. The zero-order chi connectivity index (χ0) is 26.6. The summed E-state index contributed by atoms with van der Waals surface area (Å²) in [6.07, 6.45) is 2.16. The molecule has 7 nitrogen and oxygen atoms in total. The molecule has 1 amide bonds. The van der Waals surface area contributed by atoms with Crippen LogP contribution in [0.4, 0.5) is 5.69 Å². The summed E-state index contributed by atoms with van der Waals surface area (Å²) in [4.78, 5) is 13.5. The number of amides is 1. The largest absolute Gasteiger partial charge is 0.497 e. The molecule has 0 spiro atoms. The van der Waals surface area contributed by atoms with Crippen molar-refractivity contribution in [1.82, 2.24) is 5.32 Å². The molecule has 37 heavy (non-hydrogen) atoms. The number of hydrogen-bond donors (Lipinski definition) is 1. The lowest BCUT2D eigenvalue weighted by molar-refractivity contribution is -0.121. The fourth-order valence-electron chi connectivity index (χ4n) is 4.60. The number of carbonyl (C=O) groups is 1. The van der Waals surface area contributed by atoms with Gasteiger partial charge in [-0.3, -0.25) is 9.10 Å². The zero-order valence-corrected chi connectivity index (χ0v) is 22.7. The van der Waals surface area contributed by atoms with Crippen molar-refractivity contribution in [2.75, 3.05) is 18.0 Å². The fourth-order valence-corrected chi connectivity index (χ4v) is 6.14. The summed E-state index contributed by atoms with van der Waals surface area (Å²) in [6.45, 7) is 3.74. The molecule has 0 fully saturated rings. The van der Waals surface area contributed by atoms with E-state index in [-0.39, 0.29) is 10.9 Å². The first-order valence-corrected chi connectivity index (χ1v) is 14.0. The molecule has 0 aliphatic carbocycles. The van der Waals surface area contributed by atoms with Gasteiger partial charge in [-0.25, -0.2) is 8.42 Å². The van der Waals surface area contributed by atoms with Gasteiger partial charge in [0.05, 0.1) is 23.7 Å². The van der Waals surface area contributed by atoms with Crippen molar-refractivity contribution in [2.24, 2.45) is 0 Å². The number of para-hydroxylation sites is 1. The minimum atomic E-state index is -4.07. The predicted octanol–water partition coefficient (Wildman–Crippen LogP) is 5.74. The van der Waals surface area contributed by atoms with Crippen LogP contribution in [0.15, 0.2) is 77.7 Å². The summed E-state index contributed by atoms with van der Waals surface area (Å²) < 4.78 is 40.0. The molecule has 1 aliphatic heterocycles. The Kier molecular flexibility index (Phi) is 7.99. The number of fused-ring (bicyclic) bond motifs is 1. The SMILES string of the molecule is CCC1(CC)CC(NC(=O)CN(c2ccc(Cl)cc2)S(=O)(=O)c2ccc(OC)cc2)c2ccccc2O1. The second kappa shape index (κ2) is 11.0. The van der Waals surface area contributed by atoms with Crippen molar-refractivity contribution >= 4 is 33.2 Å². The summed E-state index contributed by atoms with van der Waals surface area (Å²) in [5.74, 6) is 0.848. The van der Waals surface area contributed by atoms with Crippen molar-refractivity contribution in [3.63, 3.8) is 0 Å². The van der Waals surface area contributed by atoms with E-state index < -0.39 is 28.1 Å². The molecule has 0 saturated carbocycles. The number of ether oxygens (including phenoxy) is 2. The van der Waals surface area contributed by atoms with Crippen LogP contribution in [0.5, 0.6) is 11.5 Å². The quantitative estimate of drug-likeness (QED) is 0.372. The van der Waals surface area contributed by atoms with Crippen LogP contribution in [0.3, 0.4) is 0 Å². The van der Waals surface area contributed by atoms with Gasteiger partial charge < -0.3 is 14.8 Å². The lowest BCUT2D eigenvalue weighted by Gasteiger charge is -2.41. The Morgan fingerprint density at radius 2 is 1.70 bits per heavy atom. The summed E-state index contributed by atoms with van der Waals surface area (Å²) in [5.41, 5.74) is 0.806. The Morgan fingerprint density at radius 3 is 2.32 bits per heavy atom. The van der Waals surface area contributed by atoms with E-state index in [0.717, 1.165) is 28.5 Å². The van der Waals surface area contributed by atoms with Crippen molar-refractivity contribution < 1.29 is 22.7 Å². The van der Waals surface area contributed by atoms with Crippen LogP contribution in [-0.4, -0.2) is 33.6 Å². The zero-order valence-electron chi connectivity index (χ0n) is 21.1. The lowest BCUT2D eigenvalue weighted by Crippen LogP contribution is -2.47. The van der Waals surface area contributed by atoms with E-state index in [1.54, 1.807) is 36.4 Å². The highest BCUT2D eigenvalue weighted by atomic mass is 35.5. The highest BCUT2D eigenvalue weighted by Gasteiger charge is 2.39. The van der Waals surface area contributed by atoms with E-state index in [9.17, 15) is 13.2 Å². The number of methoxy groups -OCH3 is 1. The van der Waals surface area contributed by atoms with E-state index in [2.05, 4.69) is 19.2 Å². The van der Waals surface area contributed by atoms with Gasteiger partial charge in [0, 0.05) is 17.0 Å². The molecule has 1 aliphatic rings. The summed E-state index contributed by atoms with van der Waals surface area (Å²) in [5, 5.41) is 3.54. The summed E-state index contributed by atoms with van der Waals surface area (Å²) in [6, 6.07) is 19.7. The topological polar surface area (TPSA) is 84.9 Å². The van der Waals surface area contributed by atoms with Gasteiger partial charge in [-0.1, -0.05) is 43.6 Å². The molecular formula is C28H31ClN2O5S. The molecule has 1 heterocycles. The molecule has 9 heteroatoms. The van der Waals surface area contributed by atoms with Gasteiger partial charge in [-0.05, 0) is 67.4 Å². The molecule has 0 saturated heterocycles. The van der Waals surface area contributed by atoms with Crippen LogP contribution in [0.2, 0.25) is 5.02 Å². The number of halogens is 1. The number of rotatable bonds is 9. The average molecular weight is 543 g/mol. The maximum absolute atomic E-state index is 13.7. The minimum Gasteiger partial charge on any atom is -0.497 e. The number of nitrogens with one attached hydrogen (secondary N) is 1. The van der Waals surface area contributed by atoms with E-state index in [1.165, 1.54) is 19.2 Å². The van der Waals surface area contributed by atoms with Gasteiger partial charge in [-0.15, -0.1) is 0 Å². The van der Waals surface area contributed by atoms with Crippen molar-refractivity contribution in [1.29, 1.82) is 0 Å². The monoisotopic (exact) mass is 542 g/mol. The molecule has 196 valence electrons. The molecule has 1 N–H and O–H groups in total. The third kappa shape index (κ3) is 5.70. The third-order valence-corrected chi connectivity index (χ3v) is 8.91. The number of nitrogens with zero attached hydrogens (tertiary/aromatic N) is 1. The number of carbonyl (C=O) groups excluding carboxylic acids is 1. The average Bonchev–Trinajstić information content (AvgIpc) is 2.92. The number of benzene rings is 3. The second-order valence-corrected chi connectivity index (χ2v) is 11.3.